The molecule has 0 saturated heterocycles. The van der Waals surface area contributed by atoms with Gasteiger partial charge in [0.15, 0.2) is 0 Å². The van der Waals surface area contributed by atoms with Crippen LogP contribution in [-0.2, 0) is 0 Å². The summed E-state index contributed by atoms with van der Waals surface area (Å²) < 4.78 is 12.8. The summed E-state index contributed by atoms with van der Waals surface area (Å²) in [6.07, 6.45) is 4.24. The van der Waals surface area contributed by atoms with Crippen LogP contribution in [0, 0.1) is 0 Å². The Morgan fingerprint density at radius 1 is 1.36 bits per heavy atom. The van der Waals surface area contributed by atoms with Crippen molar-refractivity contribution < 1.29 is 9.50 Å². The van der Waals surface area contributed by atoms with E-state index < -0.39 is 11.7 Å². The van der Waals surface area contributed by atoms with Crippen LogP contribution in [0.2, 0.25) is 0 Å². The highest BCUT2D eigenvalue weighted by atomic mass is 35.5. The number of alkyl halides is 2. The van der Waals surface area contributed by atoms with E-state index in [1.807, 2.05) is 0 Å². The Labute approximate surface area is 72.6 Å². The molecule has 0 unspecified atom stereocenters. The first kappa shape index (κ1) is 11.2. The standard InChI is InChI=1S/C8H16ClFO/c1-2-3-4-5-6-8(9,10)7-11/h11H,2-7H2,1H3/t8-/m0/s1. The molecule has 3 heteroatoms. The van der Waals surface area contributed by atoms with E-state index in [1.54, 1.807) is 0 Å². The average Bonchev–Trinajstić information content (AvgIpc) is 1.99. The Morgan fingerprint density at radius 2 is 2.00 bits per heavy atom. The average molecular weight is 183 g/mol. The van der Waals surface area contributed by atoms with Gasteiger partial charge >= 0.3 is 0 Å². The van der Waals surface area contributed by atoms with Crippen molar-refractivity contribution in [2.24, 2.45) is 0 Å². The van der Waals surface area contributed by atoms with Crippen molar-refractivity contribution in [2.45, 2.75) is 44.2 Å². The lowest BCUT2D eigenvalue weighted by Gasteiger charge is -2.13. The highest BCUT2D eigenvalue weighted by Crippen LogP contribution is 2.23. The third-order valence-corrected chi connectivity index (χ3v) is 1.94. The maximum absolute atomic E-state index is 12.8. The van der Waals surface area contributed by atoms with Crippen LogP contribution in [0.1, 0.15) is 39.0 Å². The highest BCUT2D eigenvalue weighted by Gasteiger charge is 2.23. The number of rotatable bonds is 6. The first-order chi connectivity index (χ1) is 5.12. The fourth-order valence-electron chi connectivity index (χ4n) is 0.889. The fraction of sp³-hybridized carbons (Fsp3) is 1.00. The molecule has 0 aromatic heterocycles. The predicted octanol–water partition coefficient (Wildman–Crippen LogP) is 2.85. The quantitative estimate of drug-likeness (QED) is 0.495. The van der Waals surface area contributed by atoms with Gasteiger partial charge in [0.05, 0.1) is 6.61 Å². The molecular weight excluding hydrogens is 167 g/mol. The van der Waals surface area contributed by atoms with E-state index in [1.165, 1.54) is 0 Å². The largest absolute Gasteiger partial charge is 0.392 e. The molecule has 0 heterocycles. The molecule has 0 aliphatic rings. The van der Waals surface area contributed by atoms with Gasteiger partial charge in [-0.15, -0.1) is 0 Å². The lowest BCUT2D eigenvalue weighted by Crippen LogP contribution is -2.19. The number of unbranched alkanes of at least 4 members (excludes halogenated alkanes) is 3. The highest BCUT2D eigenvalue weighted by molar-refractivity contribution is 6.22. The second-order valence-corrected chi connectivity index (χ2v) is 3.50. The van der Waals surface area contributed by atoms with Gasteiger partial charge in [-0.25, -0.2) is 4.39 Å². The van der Waals surface area contributed by atoms with Gasteiger partial charge in [-0.05, 0) is 12.8 Å². The summed E-state index contributed by atoms with van der Waals surface area (Å²) in [5.74, 6) is 0. The summed E-state index contributed by atoms with van der Waals surface area (Å²) in [4.78, 5) is 0. The van der Waals surface area contributed by atoms with Gasteiger partial charge in [0.2, 0.25) is 5.13 Å². The summed E-state index contributed by atoms with van der Waals surface area (Å²) in [5, 5.41) is 6.56. The lowest BCUT2D eigenvalue weighted by atomic mass is 10.1. The Kier molecular flexibility index (Phi) is 5.88. The SMILES string of the molecule is CCCCCC[C@@](F)(Cl)CO. The molecule has 1 N–H and O–H groups in total. The molecule has 0 aliphatic heterocycles. The predicted molar refractivity (Wildman–Crippen MR) is 45.5 cm³/mol. The minimum absolute atomic E-state index is 0.255. The van der Waals surface area contributed by atoms with E-state index in [-0.39, 0.29) is 6.42 Å². The van der Waals surface area contributed by atoms with E-state index in [0.29, 0.717) is 0 Å². The summed E-state index contributed by atoms with van der Waals surface area (Å²) in [6.45, 7) is 1.51. The fourth-order valence-corrected chi connectivity index (χ4v) is 1.02. The van der Waals surface area contributed by atoms with Crippen LogP contribution < -0.4 is 0 Å². The van der Waals surface area contributed by atoms with Crippen LogP contribution in [0.5, 0.6) is 0 Å². The van der Waals surface area contributed by atoms with Gasteiger partial charge in [0.25, 0.3) is 0 Å². The van der Waals surface area contributed by atoms with E-state index >= 15 is 0 Å². The zero-order valence-corrected chi connectivity index (χ0v) is 7.70. The van der Waals surface area contributed by atoms with Gasteiger partial charge in [-0.2, -0.15) is 0 Å². The summed E-state index contributed by atoms with van der Waals surface area (Å²) >= 11 is 5.28. The van der Waals surface area contributed by atoms with Crippen LogP contribution >= 0.6 is 11.6 Å². The molecule has 0 bridgehead atoms. The Hall–Kier alpha value is 0.180. The first-order valence-electron chi connectivity index (χ1n) is 4.11. The van der Waals surface area contributed by atoms with Crippen molar-refractivity contribution in [3.8, 4) is 0 Å². The Balaban J connectivity index is 3.23. The molecule has 1 nitrogen and oxygen atoms in total. The van der Waals surface area contributed by atoms with Gasteiger partial charge in [-0.3, -0.25) is 0 Å². The van der Waals surface area contributed by atoms with Crippen LogP contribution in [0.15, 0.2) is 0 Å². The van der Waals surface area contributed by atoms with Gasteiger partial charge < -0.3 is 5.11 Å². The normalized spacial score (nSPS) is 16.4. The second kappa shape index (κ2) is 5.78. The number of hydrogen-bond donors (Lipinski definition) is 1. The summed E-state index contributed by atoms with van der Waals surface area (Å²) in [7, 11) is 0. The minimum Gasteiger partial charge on any atom is -0.392 e. The van der Waals surface area contributed by atoms with Crippen molar-refractivity contribution in [1.82, 2.24) is 0 Å². The van der Waals surface area contributed by atoms with Gasteiger partial charge in [0, 0.05) is 0 Å². The number of hydrogen-bond acceptors (Lipinski definition) is 1. The number of aliphatic hydroxyl groups excluding tert-OH is 1. The third kappa shape index (κ3) is 6.57. The van der Waals surface area contributed by atoms with Crippen LogP contribution in [0.4, 0.5) is 4.39 Å². The molecule has 1 atom stereocenters. The maximum Gasteiger partial charge on any atom is 0.206 e. The minimum atomic E-state index is -1.88. The van der Waals surface area contributed by atoms with Crippen LogP contribution in [0.25, 0.3) is 0 Å². The molecule has 0 aromatic carbocycles. The van der Waals surface area contributed by atoms with Crippen molar-refractivity contribution >= 4 is 11.6 Å². The van der Waals surface area contributed by atoms with Crippen molar-refractivity contribution in [3.63, 3.8) is 0 Å². The van der Waals surface area contributed by atoms with Crippen molar-refractivity contribution in [1.29, 1.82) is 0 Å². The number of aliphatic hydroxyl groups is 1. The maximum atomic E-state index is 12.8. The molecule has 0 saturated carbocycles. The molecule has 0 fully saturated rings. The molecule has 0 aliphatic carbocycles. The van der Waals surface area contributed by atoms with Crippen LogP contribution in [0.3, 0.4) is 0 Å². The molecule has 0 rings (SSSR count). The van der Waals surface area contributed by atoms with Gasteiger partial charge in [0.1, 0.15) is 0 Å². The van der Waals surface area contributed by atoms with E-state index in [2.05, 4.69) is 6.92 Å². The Morgan fingerprint density at radius 3 is 2.45 bits per heavy atom. The second-order valence-electron chi connectivity index (χ2n) is 2.82. The topological polar surface area (TPSA) is 20.2 Å². The molecule has 68 valence electrons. The Bertz CT molecular complexity index is 96.1. The third-order valence-electron chi connectivity index (χ3n) is 1.63. The summed E-state index contributed by atoms with van der Waals surface area (Å²) in [6, 6.07) is 0. The zero-order valence-electron chi connectivity index (χ0n) is 6.95. The first-order valence-corrected chi connectivity index (χ1v) is 4.49. The molecule has 0 amide bonds. The molecule has 0 spiro atoms. The number of halogens is 2. The summed E-state index contributed by atoms with van der Waals surface area (Å²) in [5.41, 5.74) is 0. The van der Waals surface area contributed by atoms with Crippen molar-refractivity contribution in [2.75, 3.05) is 6.61 Å². The van der Waals surface area contributed by atoms with E-state index in [9.17, 15) is 4.39 Å². The van der Waals surface area contributed by atoms with E-state index in [0.717, 1.165) is 25.7 Å². The molecule has 0 radical (unpaired) electrons. The molecular formula is C8H16ClFO. The van der Waals surface area contributed by atoms with Gasteiger partial charge in [-0.1, -0.05) is 37.8 Å². The lowest BCUT2D eigenvalue weighted by molar-refractivity contribution is 0.133. The molecule has 0 aromatic rings. The molecule has 11 heavy (non-hydrogen) atoms. The van der Waals surface area contributed by atoms with Crippen molar-refractivity contribution in [3.05, 3.63) is 0 Å². The smallest absolute Gasteiger partial charge is 0.206 e. The van der Waals surface area contributed by atoms with E-state index in [4.69, 9.17) is 16.7 Å². The monoisotopic (exact) mass is 182 g/mol. The zero-order chi connectivity index (χ0) is 8.74. The van der Waals surface area contributed by atoms with Crippen LogP contribution in [-0.4, -0.2) is 16.8 Å².